The van der Waals surface area contributed by atoms with Crippen molar-refractivity contribution in [1.29, 1.82) is 0 Å². The number of hydrogen-bond donors (Lipinski definition) is 0. The van der Waals surface area contributed by atoms with Gasteiger partial charge in [0.2, 0.25) is 0 Å². The molecule has 0 spiro atoms. The monoisotopic (exact) mass is 396 g/mol. The maximum Gasteiger partial charge on any atom is 0.174 e. The van der Waals surface area contributed by atoms with Crippen LogP contribution in [0.1, 0.15) is 27.5 Å². The predicted octanol–water partition coefficient (Wildman–Crippen LogP) is 6.11. The number of benzene rings is 3. The summed E-state index contributed by atoms with van der Waals surface area (Å²) in [5.41, 5.74) is 3.32. The third-order valence-corrected chi connectivity index (χ3v) is 6.23. The van der Waals surface area contributed by atoms with Crippen molar-refractivity contribution in [2.45, 2.75) is 19.4 Å². The van der Waals surface area contributed by atoms with Gasteiger partial charge in [0.1, 0.15) is 5.82 Å². The Morgan fingerprint density at radius 1 is 0.897 bits per heavy atom. The van der Waals surface area contributed by atoms with Crippen LogP contribution < -0.4 is 0 Å². The predicted molar refractivity (Wildman–Crippen MR) is 120 cm³/mol. The first-order valence-electron chi connectivity index (χ1n) is 9.77. The lowest BCUT2D eigenvalue weighted by atomic mass is 10.0. The van der Waals surface area contributed by atoms with Crippen molar-refractivity contribution in [1.82, 2.24) is 9.55 Å². The number of fused-ring (bicyclic) bond motifs is 2. The van der Waals surface area contributed by atoms with Crippen LogP contribution in [0.25, 0.3) is 21.8 Å². The fourth-order valence-corrected chi connectivity index (χ4v) is 4.59. The van der Waals surface area contributed by atoms with Crippen LogP contribution in [-0.2, 0) is 13.0 Å². The van der Waals surface area contributed by atoms with Crippen molar-refractivity contribution in [3.05, 3.63) is 101 Å². The summed E-state index contributed by atoms with van der Waals surface area (Å²) >= 11 is 1.51. The molecular weight excluding hydrogens is 376 g/mol. The smallest absolute Gasteiger partial charge is 0.174 e. The zero-order valence-corrected chi connectivity index (χ0v) is 16.7. The van der Waals surface area contributed by atoms with E-state index in [1.807, 2.05) is 35.7 Å². The van der Waals surface area contributed by atoms with Crippen LogP contribution >= 0.6 is 11.3 Å². The van der Waals surface area contributed by atoms with Crippen LogP contribution in [0.2, 0.25) is 0 Å². The van der Waals surface area contributed by atoms with E-state index in [0.29, 0.717) is 13.0 Å². The fourth-order valence-electron chi connectivity index (χ4n) is 3.90. The standard InChI is InChI=1S/C25H20N2OS/c28-23(24-13-6-16-29-24)14-15-27-22-12-4-3-11-21(22)26-25(27)17-19-9-5-8-18-7-1-2-10-20(18)19/h1-13,16H,14-15,17H2. The Morgan fingerprint density at radius 3 is 2.62 bits per heavy atom. The lowest BCUT2D eigenvalue weighted by Gasteiger charge is -2.10. The van der Waals surface area contributed by atoms with Gasteiger partial charge in [0.15, 0.2) is 5.78 Å². The molecule has 0 aliphatic heterocycles. The van der Waals surface area contributed by atoms with Crippen molar-refractivity contribution in [2.24, 2.45) is 0 Å². The summed E-state index contributed by atoms with van der Waals surface area (Å²) in [6, 6.07) is 26.9. The number of imidazole rings is 1. The number of para-hydroxylation sites is 2. The lowest BCUT2D eigenvalue weighted by Crippen LogP contribution is -2.09. The minimum Gasteiger partial charge on any atom is -0.327 e. The molecular formula is C25H20N2OS. The van der Waals surface area contributed by atoms with Gasteiger partial charge in [0.25, 0.3) is 0 Å². The number of carbonyl (C=O) groups excluding carboxylic acids is 1. The van der Waals surface area contributed by atoms with E-state index >= 15 is 0 Å². The van der Waals surface area contributed by atoms with Crippen LogP contribution in [0.15, 0.2) is 84.2 Å². The number of nitrogens with zero attached hydrogens (tertiary/aromatic N) is 2. The number of aryl methyl sites for hydroxylation is 1. The van der Waals surface area contributed by atoms with Crippen LogP contribution in [0.5, 0.6) is 0 Å². The first kappa shape index (κ1) is 17.8. The molecule has 142 valence electrons. The lowest BCUT2D eigenvalue weighted by molar-refractivity contribution is 0.0981. The normalized spacial score (nSPS) is 11.3. The number of rotatable bonds is 6. The third kappa shape index (κ3) is 3.47. The van der Waals surface area contributed by atoms with Crippen molar-refractivity contribution in [2.75, 3.05) is 0 Å². The van der Waals surface area contributed by atoms with E-state index in [-0.39, 0.29) is 5.78 Å². The molecule has 2 heterocycles. The Labute approximate surface area is 173 Å². The Balaban J connectivity index is 1.51. The number of aromatic nitrogens is 2. The molecule has 0 atom stereocenters. The summed E-state index contributed by atoms with van der Waals surface area (Å²) < 4.78 is 2.21. The molecule has 0 N–H and O–H groups in total. The second-order valence-corrected chi connectivity index (χ2v) is 8.08. The zero-order valence-electron chi connectivity index (χ0n) is 15.9. The van der Waals surface area contributed by atoms with Gasteiger partial charge in [-0.15, -0.1) is 11.3 Å². The molecule has 0 bridgehead atoms. The Bertz CT molecular complexity index is 1300. The minimum absolute atomic E-state index is 0.189. The van der Waals surface area contributed by atoms with E-state index in [2.05, 4.69) is 53.1 Å². The number of hydrogen-bond acceptors (Lipinski definition) is 3. The van der Waals surface area contributed by atoms with Crippen LogP contribution in [0.3, 0.4) is 0 Å². The third-order valence-electron chi connectivity index (χ3n) is 5.32. The van der Waals surface area contributed by atoms with E-state index in [1.54, 1.807) is 0 Å². The maximum absolute atomic E-state index is 12.6. The minimum atomic E-state index is 0.189. The molecule has 5 rings (SSSR count). The first-order valence-corrected chi connectivity index (χ1v) is 10.6. The second kappa shape index (κ2) is 7.64. The number of ketones is 1. The topological polar surface area (TPSA) is 34.9 Å². The number of carbonyl (C=O) groups is 1. The van der Waals surface area contributed by atoms with Crippen molar-refractivity contribution < 1.29 is 4.79 Å². The average Bonchev–Trinajstić information content (AvgIpc) is 3.41. The highest BCUT2D eigenvalue weighted by molar-refractivity contribution is 7.12. The summed E-state index contributed by atoms with van der Waals surface area (Å²) in [6.07, 6.45) is 1.21. The SMILES string of the molecule is O=C(CCn1c(Cc2cccc3ccccc23)nc2ccccc21)c1cccs1. The van der Waals surface area contributed by atoms with Crippen molar-refractivity contribution >= 4 is 38.9 Å². The maximum atomic E-state index is 12.6. The summed E-state index contributed by atoms with van der Waals surface area (Å²) in [7, 11) is 0. The molecule has 0 aliphatic rings. The molecule has 29 heavy (non-hydrogen) atoms. The van der Waals surface area contributed by atoms with E-state index in [9.17, 15) is 4.79 Å². The van der Waals surface area contributed by atoms with Crippen LogP contribution in [0.4, 0.5) is 0 Å². The van der Waals surface area contributed by atoms with Gasteiger partial charge in [-0.05, 0) is 39.9 Å². The van der Waals surface area contributed by atoms with E-state index in [0.717, 1.165) is 28.2 Å². The number of Topliss-reactive ketones (excluding diaryl/α,β-unsaturated/α-hetero) is 1. The highest BCUT2D eigenvalue weighted by atomic mass is 32.1. The molecule has 0 radical (unpaired) electrons. The van der Waals surface area contributed by atoms with Gasteiger partial charge in [-0.25, -0.2) is 4.98 Å². The molecule has 2 aromatic heterocycles. The van der Waals surface area contributed by atoms with Crippen LogP contribution in [0, 0.1) is 0 Å². The summed E-state index contributed by atoms with van der Waals surface area (Å²) in [5, 5.41) is 4.44. The molecule has 4 heteroatoms. The second-order valence-electron chi connectivity index (χ2n) is 7.13. The zero-order chi connectivity index (χ0) is 19.6. The van der Waals surface area contributed by atoms with Crippen molar-refractivity contribution in [3.63, 3.8) is 0 Å². The molecule has 0 saturated heterocycles. The molecule has 0 saturated carbocycles. The first-order chi connectivity index (χ1) is 14.3. The Morgan fingerprint density at radius 2 is 1.72 bits per heavy atom. The van der Waals surface area contributed by atoms with Gasteiger partial charge < -0.3 is 4.57 Å². The average molecular weight is 397 g/mol. The van der Waals surface area contributed by atoms with Gasteiger partial charge >= 0.3 is 0 Å². The summed E-state index contributed by atoms with van der Waals surface area (Å²) in [6.45, 7) is 0.636. The molecule has 0 amide bonds. The number of thiophene rings is 1. The highest BCUT2D eigenvalue weighted by Crippen LogP contribution is 2.24. The summed E-state index contributed by atoms with van der Waals surface area (Å²) in [4.78, 5) is 18.3. The van der Waals surface area contributed by atoms with Gasteiger partial charge in [-0.3, -0.25) is 4.79 Å². The molecule has 0 unspecified atom stereocenters. The van der Waals surface area contributed by atoms with E-state index in [4.69, 9.17) is 4.98 Å². The van der Waals surface area contributed by atoms with Gasteiger partial charge in [-0.1, -0.05) is 60.7 Å². The molecule has 0 aliphatic carbocycles. The highest BCUT2D eigenvalue weighted by Gasteiger charge is 2.14. The van der Waals surface area contributed by atoms with Crippen LogP contribution in [-0.4, -0.2) is 15.3 Å². The molecule has 0 fully saturated rings. The summed E-state index contributed by atoms with van der Waals surface area (Å²) in [5.74, 6) is 1.19. The fraction of sp³-hybridized carbons (Fsp3) is 0.120. The van der Waals surface area contributed by atoms with Crippen molar-refractivity contribution in [3.8, 4) is 0 Å². The van der Waals surface area contributed by atoms with E-state index in [1.165, 1.54) is 27.7 Å². The van der Waals surface area contributed by atoms with Gasteiger partial charge in [0.05, 0.1) is 15.9 Å². The quantitative estimate of drug-likeness (QED) is 0.324. The molecule has 5 aromatic rings. The molecule has 3 aromatic carbocycles. The largest absolute Gasteiger partial charge is 0.327 e. The molecule has 3 nitrogen and oxygen atoms in total. The Hall–Kier alpha value is -3.24. The van der Waals surface area contributed by atoms with Gasteiger partial charge in [-0.2, -0.15) is 0 Å². The van der Waals surface area contributed by atoms with E-state index < -0.39 is 0 Å². The van der Waals surface area contributed by atoms with Gasteiger partial charge in [0, 0.05) is 19.4 Å². The Kier molecular flexibility index (Phi) is 4.70.